The van der Waals surface area contributed by atoms with E-state index in [-0.39, 0.29) is 0 Å². The lowest BCUT2D eigenvalue weighted by atomic mass is 10.3. The topological polar surface area (TPSA) is 75.2 Å². The maximum absolute atomic E-state index is 5.79. The monoisotopic (exact) mass is 344 g/mol. The minimum Gasteiger partial charge on any atom is -0.463 e. The van der Waals surface area contributed by atoms with Crippen molar-refractivity contribution in [1.29, 1.82) is 0 Å². The van der Waals surface area contributed by atoms with Gasteiger partial charge in [-0.15, -0.1) is 0 Å². The summed E-state index contributed by atoms with van der Waals surface area (Å²) in [7, 11) is 1.80. The summed E-state index contributed by atoms with van der Waals surface area (Å²) in [5, 5.41) is 0. The second kappa shape index (κ2) is 10.5. The summed E-state index contributed by atoms with van der Waals surface area (Å²) in [6.07, 6.45) is 4.63. The molecule has 0 radical (unpaired) electrons. The van der Waals surface area contributed by atoms with Crippen molar-refractivity contribution >= 4 is 11.6 Å². The Labute approximate surface area is 149 Å². The van der Waals surface area contributed by atoms with E-state index in [1.807, 2.05) is 24.3 Å². The summed E-state index contributed by atoms with van der Waals surface area (Å²) in [6, 6.07) is 8.18. The molecule has 2 aromatic heterocycles. The van der Waals surface area contributed by atoms with Gasteiger partial charge in [-0.05, 0) is 25.0 Å². The molecule has 2 rings (SSSR count). The molecule has 0 spiro atoms. The molecule has 0 bridgehead atoms. The molecule has 0 unspecified atom stereocenters. The van der Waals surface area contributed by atoms with Crippen LogP contribution in [0.4, 0.5) is 11.6 Å². The van der Waals surface area contributed by atoms with Crippen LogP contribution in [0.1, 0.15) is 32.4 Å². The normalized spacial score (nSPS) is 10.5. The molecule has 2 N–H and O–H groups in total. The Balaban J connectivity index is 2.09. The first-order valence-corrected chi connectivity index (χ1v) is 8.86. The quantitative estimate of drug-likeness (QED) is 0.607. The molecule has 0 aliphatic rings. The van der Waals surface area contributed by atoms with E-state index in [4.69, 9.17) is 4.74 Å². The smallest absolute Gasteiger partial charge is 0.320 e. The predicted octanol–water partition coefficient (Wildman–Crippen LogP) is 2.67. The number of pyridine rings is 1. The van der Waals surface area contributed by atoms with Crippen molar-refractivity contribution < 1.29 is 4.74 Å². The maximum Gasteiger partial charge on any atom is 0.320 e. The van der Waals surface area contributed by atoms with Crippen LogP contribution >= 0.6 is 0 Å². The lowest BCUT2D eigenvalue weighted by Crippen LogP contribution is -2.27. The van der Waals surface area contributed by atoms with Crippen LogP contribution in [0, 0.1) is 0 Å². The van der Waals surface area contributed by atoms with Gasteiger partial charge in [0.1, 0.15) is 11.6 Å². The van der Waals surface area contributed by atoms with E-state index in [1.165, 1.54) is 0 Å². The fourth-order valence-electron chi connectivity index (χ4n) is 2.51. The highest BCUT2D eigenvalue weighted by atomic mass is 16.5. The second-order valence-electron chi connectivity index (χ2n) is 5.68. The number of anilines is 2. The summed E-state index contributed by atoms with van der Waals surface area (Å²) in [5.41, 5.74) is 6.91. The standard InChI is InChI=1S/C18H28N6O/c1-4-11-24(12-5-2)17-14-16(23-19-3)21-18(22-17)25-13-9-15-8-6-7-10-20-15/h6-8,10,14,19H,4-5,9,11-13H2,1-3H3,(H,21,22,23). The Morgan fingerprint density at radius 1 is 1.12 bits per heavy atom. The molecule has 0 aromatic carbocycles. The van der Waals surface area contributed by atoms with Crippen LogP contribution in [-0.2, 0) is 6.42 Å². The summed E-state index contributed by atoms with van der Waals surface area (Å²) < 4.78 is 5.79. The molecule has 2 heterocycles. The van der Waals surface area contributed by atoms with Crippen LogP contribution < -0.4 is 20.5 Å². The highest BCUT2D eigenvalue weighted by Crippen LogP contribution is 2.20. The number of ether oxygens (including phenoxy) is 1. The zero-order chi connectivity index (χ0) is 17.9. The Kier molecular flexibility index (Phi) is 7.91. The molecule has 0 aliphatic heterocycles. The number of aromatic nitrogens is 3. The lowest BCUT2D eigenvalue weighted by molar-refractivity contribution is 0.295. The van der Waals surface area contributed by atoms with E-state index >= 15 is 0 Å². The average molecular weight is 344 g/mol. The van der Waals surface area contributed by atoms with Gasteiger partial charge in [-0.1, -0.05) is 19.9 Å². The fraction of sp³-hybridized carbons (Fsp3) is 0.500. The third kappa shape index (κ3) is 6.19. The lowest BCUT2D eigenvalue weighted by Gasteiger charge is -2.23. The van der Waals surface area contributed by atoms with Crippen LogP contribution in [-0.4, -0.2) is 41.7 Å². The number of nitrogens with one attached hydrogen (secondary N) is 2. The average Bonchev–Trinajstić information content (AvgIpc) is 2.62. The van der Waals surface area contributed by atoms with Gasteiger partial charge < -0.3 is 15.1 Å². The summed E-state index contributed by atoms with van der Waals surface area (Å²) in [5.74, 6) is 1.57. The third-order valence-electron chi connectivity index (χ3n) is 3.57. The molecule has 0 atom stereocenters. The fourth-order valence-corrected chi connectivity index (χ4v) is 2.51. The van der Waals surface area contributed by atoms with E-state index in [2.05, 4.69) is 44.6 Å². The minimum absolute atomic E-state index is 0.378. The van der Waals surface area contributed by atoms with E-state index in [1.54, 1.807) is 13.2 Å². The van der Waals surface area contributed by atoms with Gasteiger partial charge in [0.2, 0.25) is 0 Å². The Morgan fingerprint density at radius 3 is 2.56 bits per heavy atom. The molecule has 2 aromatic rings. The Bertz CT molecular complexity index is 616. The summed E-state index contributed by atoms with van der Waals surface area (Å²) in [4.78, 5) is 15.5. The van der Waals surface area contributed by atoms with Crippen LogP contribution in [0.15, 0.2) is 30.5 Å². The van der Waals surface area contributed by atoms with Gasteiger partial charge >= 0.3 is 6.01 Å². The minimum atomic E-state index is 0.378. The molecule has 7 heteroatoms. The Hall–Kier alpha value is -2.41. The number of hydrogen-bond acceptors (Lipinski definition) is 7. The largest absolute Gasteiger partial charge is 0.463 e. The van der Waals surface area contributed by atoms with E-state index in [9.17, 15) is 0 Å². The molecule has 0 fully saturated rings. The summed E-state index contributed by atoms with van der Waals surface area (Å²) in [6.45, 7) is 6.73. The van der Waals surface area contributed by atoms with Crippen molar-refractivity contribution in [3.63, 3.8) is 0 Å². The van der Waals surface area contributed by atoms with Crippen molar-refractivity contribution in [2.45, 2.75) is 33.1 Å². The number of hydrazine groups is 1. The third-order valence-corrected chi connectivity index (χ3v) is 3.57. The predicted molar refractivity (Wildman–Crippen MR) is 101 cm³/mol. The van der Waals surface area contributed by atoms with Crippen molar-refractivity contribution in [1.82, 2.24) is 20.4 Å². The van der Waals surface area contributed by atoms with Gasteiger partial charge in [-0.3, -0.25) is 4.98 Å². The first kappa shape index (κ1) is 18.9. The van der Waals surface area contributed by atoms with Crippen molar-refractivity contribution in [3.8, 4) is 6.01 Å². The molecule has 25 heavy (non-hydrogen) atoms. The second-order valence-corrected chi connectivity index (χ2v) is 5.68. The van der Waals surface area contributed by atoms with E-state index in [0.717, 1.165) is 43.9 Å². The van der Waals surface area contributed by atoms with Crippen molar-refractivity contribution in [3.05, 3.63) is 36.2 Å². The van der Waals surface area contributed by atoms with Crippen molar-refractivity contribution in [2.75, 3.05) is 37.1 Å². The SMILES string of the molecule is CCCN(CCC)c1cc(NNC)nc(OCCc2ccccn2)n1. The van der Waals surface area contributed by atoms with Gasteiger partial charge in [-0.25, -0.2) is 5.43 Å². The van der Waals surface area contributed by atoms with Crippen LogP contribution in [0.5, 0.6) is 6.01 Å². The highest BCUT2D eigenvalue weighted by Gasteiger charge is 2.11. The molecule has 7 nitrogen and oxygen atoms in total. The number of nitrogens with zero attached hydrogens (tertiary/aromatic N) is 4. The van der Waals surface area contributed by atoms with Crippen LogP contribution in [0.3, 0.4) is 0 Å². The zero-order valence-electron chi connectivity index (χ0n) is 15.3. The van der Waals surface area contributed by atoms with Gasteiger partial charge in [0.15, 0.2) is 0 Å². The van der Waals surface area contributed by atoms with Gasteiger partial charge in [0.05, 0.1) is 6.61 Å². The zero-order valence-corrected chi connectivity index (χ0v) is 15.3. The van der Waals surface area contributed by atoms with Crippen LogP contribution in [0.25, 0.3) is 0 Å². The van der Waals surface area contributed by atoms with Gasteiger partial charge in [0, 0.05) is 44.5 Å². The van der Waals surface area contributed by atoms with Gasteiger partial charge in [-0.2, -0.15) is 9.97 Å². The first-order valence-electron chi connectivity index (χ1n) is 8.86. The molecule has 0 aliphatic carbocycles. The van der Waals surface area contributed by atoms with E-state index in [0.29, 0.717) is 18.4 Å². The molecular weight excluding hydrogens is 316 g/mol. The number of rotatable bonds is 11. The van der Waals surface area contributed by atoms with E-state index < -0.39 is 0 Å². The highest BCUT2D eigenvalue weighted by molar-refractivity contribution is 5.49. The van der Waals surface area contributed by atoms with Crippen molar-refractivity contribution in [2.24, 2.45) is 0 Å². The first-order chi connectivity index (χ1) is 12.3. The van der Waals surface area contributed by atoms with Gasteiger partial charge in [0.25, 0.3) is 0 Å². The number of hydrogen-bond donors (Lipinski definition) is 2. The maximum atomic E-state index is 5.79. The van der Waals surface area contributed by atoms with Crippen LogP contribution in [0.2, 0.25) is 0 Å². The molecule has 0 amide bonds. The molecular formula is C18H28N6O. The molecule has 0 saturated carbocycles. The molecule has 0 saturated heterocycles. The molecule has 136 valence electrons. The Morgan fingerprint density at radius 2 is 1.92 bits per heavy atom. The summed E-state index contributed by atoms with van der Waals surface area (Å²) >= 11 is 0.